The summed E-state index contributed by atoms with van der Waals surface area (Å²) in [6.45, 7) is 3.27. The molecule has 0 radical (unpaired) electrons. The van der Waals surface area contributed by atoms with Crippen molar-refractivity contribution in [1.29, 1.82) is 0 Å². The van der Waals surface area contributed by atoms with E-state index >= 15 is 0 Å². The third-order valence-corrected chi connectivity index (χ3v) is 7.62. The van der Waals surface area contributed by atoms with Gasteiger partial charge < -0.3 is 10.1 Å². The van der Waals surface area contributed by atoms with Crippen LogP contribution in [0.4, 0.5) is 0 Å². The molecule has 0 spiro atoms. The summed E-state index contributed by atoms with van der Waals surface area (Å²) in [6.07, 6.45) is 7.99. The van der Waals surface area contributed by atoms with Crippen molar-refractivity contribution in [1.82, 2.24) is 10.2 Å². The first-order valence-corrected chi connectivity index (χ1v) is 12.2. The van der Waals surface area contributed by atoms with E-state index in [0.717, 1.165) is 43.1 Å². The van der Waals surface area contributed by atoms with Crippen LogP contribution in [0.25, 0.3) is 0 Å². The van der Waals surface area contributed by atoms with Crippen molar-refractivity contribution < 1.29 is 8.95 Å². The first-order valence-electron chi connectivity index (χ1n) is 10.7. The Morgan fingerprint density at radius 2 is 1.90 bits per heavy atom. The van der Waals surface area contributed by atoms with Gasteiger partial charge in [0.25, 0.3) is 0 Å². The van der Waals surface area contributed by atoms with Gasteiger partial charge in [-0.05, 0) is 74.6 Å². The Morgan fingerprint density at radius 3 is 2.66 bits per heavy atom. The molecule has 2 aromatic carbocycles. The number of nitrogens with zero attached hydrogens (tertiary/aromatic N) is 1. The third kappa shape index (κ3) is 4.14. The Kier molecular flexibility index (Phi) is 6.38. The van der Waals surface area contributed by atoms with Gasteiger partial charge in [-0.25, -0.2) is 0 Å². The number of hydrogen-bond donors (Lipinski definition) is 1. The van der Waals surface area contributed by atoms with Gasteiger partial charge >= 0.3 is 0 Å². The van der Waals surface area contributed by atoms with E-state index in [9.17, 15) is 4.21 Å². The quantitative estimate of drug-likeness (QED) is 0.808. The summed E-state index contributed by atoms with van der Waals surface area (Å²) < 4.78 is 18.2. The zero-order valence-corrected chi connectivity index (χ0v) is 18.3. The van der Waals surface area contributed by atoms with Crippen molar-refractivity contribution in [3.63, 3.8) is 0 Å². The average molecular weight is 413 g/mol. The molecular weight excluding hydrogens is 380 g/mol. The fraction of sp³-hybridized carbons (Fsp3) is 0.500. The number of likely N-dealkylation sites (tertiary alicyclic amines) is 1. The molecule has 0 bridgehead atoms. The molecule has 0 aliphatic carbocycles. The van der Waals surface area contributed by atoms with Crippen LogP contribution in [0.15, 0.2) is 53.4 Å². The van der Waals surface area contributed by atoms with E-state index < -0.39 is 10.8 Å². The van der Waals surface area contributed by atoms with Crippen LogP contribution < -0.4 is 10.1 Å². The fourth-order valence-corrected chi connectivity index (χ4v) is 5.98. The van der Waals surface area contributed by atoms with Gasteiger partial charge in [-0.2, -0.15) is 0 Å². The van der Waals surface area contributed by atoms with E-state index in [1.165, 1.54) is 30.4 Å². The second-order valence-electron chi connectivity index (χ2n) is 8.29. The highest BCUT2D eigenvalue weighted by atomic mass is 32.2. The van der Waals surface area contributed by atoms with Gasteiger partial charge in [0.15, 0.2) is 0 Å². The Hall–Kier alpha value is -1.69. The average Bonchev–Trinajstić information content (AvgIpc) is 2.79. The minimum Gasteiger partial charge on any atom is -0.497 e. The summed E-state index contributed by atoms with van der Waals surface area (Å²) in [4.78, 5) is 3.57. The summed E-state index contributed by atoms with van der Waals surface area (Å²) in [5, 5.41) is 3.78. The van der Waals surface area contributed by atoms with Crippen molar-refractivity contribution in [2.45, 2.75) is 48.6 Å². The van der Waals surface area contributed by atoms with Gasteiger partial charge in [0, 0.05) is 16.6 Å². The highest BCUT2D eigenvalue weighted by molar-refractivity contribution is 7.84. The molecule has 2 fully saturated rings. The molecule has 29 heavy (non-hydrogen) atoms. The highest BCUT2D eigenvalue weighted by Crippen LogP contribution is 2.45. The number of piperidine rings is 2. The first kappa shape index (κ1) is 20.6. The molecule has 0 amide bonds. The van der Waals surface area contributed by atoms with E-state index in [4.69, 9.17) is 4.74 Å². The standard InChI is InChI=1S/C24H32N2O2S/c1-28-20-10-8-9-19(17-20)24(21-11-4-5-12-22(21)29(2)27)13-14-25-23(18-24)26-15-6-3-7-16-26/h4-5,8-12,17,23,25H,3,6-7,13-16,18H2,1-2H3. The summed E-state index contributed by atoms with van der Waals surface area (Å²) in [5.41, 5.74) is 2.29. The van der Waals surface area contributed by atoms with Gasteiger partial charge in [0.1, 0.15) is 5.75 Å². The van der Waals surface area contributed by atoms with Crippen molar-refractivity contribution in [3.05, 3.63) is 59.7 Å². The first-order chi connectivity index (χ1) is 14.1. The molecule has 2 heterocycles. The molecule has 4 nitrogen and oxygen atoms in total. The number of methoxy groups -OCH3 is 1. The maximum absolute atomic E-state index is 12.6. The molecule has 3 atom stereocenters. The third-order valence-electron chi connectivity index (χ3n) is 6.64. The maximum atomic E-state index is 12.6. The van der Waals surface area contributed by atoms with Gasteiger partial charge in [0.2, 0.25) is 0 Å². The van der Waals surface area contributed by atoms with Crippen molar-refractivity contribution in [2.75, 3.05) is 33.0 Å². The molecule has 156 valence electrons. The summed E-state index contributed by atoms with van der Waals surface area (Å²) in [6, 6.07) is 16.8. The van der Waals surface area contributed by atoms with E-state index in [1.54, 1.807) is 13.4 Å². The molecule has 2 saturated heterocycles. The molecule has 5 heteroatoms. The zero-order valence-electron chi connectivity index (χ0n) is 17.5. The van der Waals surface area contributed by atoms with Crippen molar-refractivity contribution in [3.8, 4) is 5.75 Å². The molecule has 2 aromatic rings. The second-order valence-corrected chi connectivity index (χ2v) is 9.63. The van der Waals surface area contributed by atoms with E-state index in [-0.39, 0.29) is 5.41 Å². The summed E-state index contributed by atoms with van der Waals surface area (Å²) in [7, 11) is 0.692. The van der Waals surface area contributed by atoms with E-state index in [0.29, 0.717) is 6.17 Å². The molecule has 4 rings (SSSR count). The largest absolute Gasteiger partial charge is 0.497 e. The van der Waals surface area contributed by atoms with Crippen molar-refractivity contribution in [2.24, 2.45) is 0 Å². The number of benzene rings is 2. The minimum absolute atomic E-state index is 0.176. The predicted octanol–water partition coefficient (Wildman–Crippen LogP) is 3.91. The van der Waals surface area contributed by atoms with Crippen LogP contribution >= 0.6 is 0 Å². The van der Waals surface area contributed by atoms with Crippen LogP contribution in [0, 0.1) is 0 Å². The van der Waals surface area contributed by atoms with Crippen LogP contribution in [0.3, 0.4) is 0 Å². The molecule has 2 aliphatic rings. The van der Waals surface area contributed by atoms with Crippen LogP contribution in [0.1, 0.15) is 43.2 Å². The van der Waals surface area contributed by atoms with E-state index in [1.807, 2.05) is 18.2 Å². The lowest BCUT2D eigenvalue weighted by molar-refractivity contribution is 0.0899. The normalized spacial score (nSPS) is 26.8. The highest BCUT2D eigenvalue weighted by Gasteiger charge is 2.43. The SMILES string of the molecule is COc1cccc(C2(c3ccccc3S(C)=O)CCNC(N3CCCCC3)C2)c1. The molecule has 0 aromatic heterocycles. The Labute approximate surface area is 177 Å². The lowest BCUT2D eigenvalue weighted by Gasteiger charge is -2.47. The van der Waals surface area contributed by atoms with Crippen LogP contribution in [-0.2, 0) is 16.2 Å². The lowest BCUT2D eigenvalue weighted by atomic mass is 9.67. The minimum atomic E-state index is -1.03. The number of nitrogens with one attached hydrogen (secondary N) is 1. The van der Waals surface area contributed by atoms with Crippen LogP contribution in [0.5, 0.6) is 5.75 Å². The smallest absolute Gasteiger partial charge is 0.119 e. The van der Waals surface area contributed by atoms with Crippen molar-refractivity contribution >= 4 is 10.8 Å². The van der Waals surface area contributed by atoms with Gasteiger partial charge in [-0.15, -0.1) is 0 Å². The fourth-order valence-electron chi connectivity index (χ4n) is 5.14. The monoisotopic (exact) mass is 412 g/mol. The molecule has 2 aliphatic heterocycles. The van der Waals surface area contributed by atoms with Crippen LogP contribution in [0.2, 0.25) is 0 Å². The van der Waals surface area contributed by atoms with Gasteiger partial charge in [0.05, 0.1) is 24.1 Å². The number of ether oxygens (including phenoxy) is 1. The summed E-state index contributed by atoms with van der Waals surface area (Å²) in [5.74, 6) is 0.880. The molecule has 3 unspecified atom stereocenters. The van der Waals surface area contributed by atoms with Gasteiger partial charge in [-0.3, -0.25) is 9.11 Å². The Morgan fingerprint density at radius 1 is 1.10 bits per heavy atom. The molecule has 1 N–H and O–H groups in total. The number of rotatable bonds is 5. The van der Waals surface area contributed by atoms with E-state index in [2.05, 4.69) is 40.5 Å². The zero-order chi connectivity index (χ0) is 20.3. The van der Waals surface area contributed by atoms with Gasteiger partial charge in [-0.1, -0.05) is 36.8 Å². The topological polar surface area (TPSA) is 41.6 Å². The Bertz CT molecular complexity index is 865. The Balaban J connectivity index is 1.82. The summed E-state index contributed by atoms with van der Waals surface area (Å²) >= 11 is 0. The predicted molar refractivity (Wildman–Crippen MR) is 119 cm³/mol. The maximum Gasteiger partial charge on any atom is 0.119 e. The second kappa shape index (κ2) is 8.99. The molecule has 0 saturated carbocycles. The molecular formula is C24H32N2O2S. The number of hydrogen-bond acceptors (Lipinski definition) is 4. The lowest BCUT2D eigenvalue weighted by Crippen LogP contribution is -2.56. The van der Waals surface area contributed by atoms with Crippen LogP contribution in [-0.4, -0.2) is 48.3 Å².